The Labute approximate surface area is 223 Å². The molecule has 5 rings (SSSR count). The normalized spacial score (nSPS) is 29.8. The third kappa shape index (κ3) is 4.83. The molecule has 0 radical (unpaired) electrons. The largest absolute Gasteiger partial charge is 1.00 e. The first-order valence-corrected chi connectivity index (χ1v) is 17.3. The van der Waals surface area contributed by atoms with Crippen LogP contribution in [-0.4, -0.2) is 3.21 Å². The topological polar surface area (TPSA) is 0 Å². The molecule has 5 aliphatic carbocycles. The number of halogens is 2. The van der Waals surface area contributed by atoms with E-state index in [1.54, 1.807) is 22.3 Å². The first kappa shape index (κ1) is 27.9. The Hall–Kier alpha value is 0.293. The minimum absolute atomic E-state index is 0. The summed E-state index contributed by atoms with van der Waals surface area (Å²) in [6.07, 6.45) is 21.1. The summed E-state index contributed by atoms with van der Waals surface area (Å²) in [5.41, 5.74) is 11.7. The second-order valence-corrected chi connectivity index (χ2v) is 19.4. The number of hydrogen-bond donors (Lipinski definition) is 0. The number of allylic oxidation sites excluding steroid dienone is 8. The molecule has 5 aliphatic rings. The molecule has 0 heterocycles. The van der Waals surface area contributed by atoms with E-state index in [-0.39, 0.29) is 24.8 Å². The molecule has 0 N–H and O–H groups in total. The fourth-order valence-corrected chi connectivity index (χ4v) is 19.2. The van der Waals surface area contributed by atoms with Crippen molar-refractivity contribution in [1.82, 2.24) is 0 Å². The van der Waals surface area contributed by atoms with Gasteiger partial charge in [-0.1, -0.05) is 0 Å². The quantitative estimate of drug-likeness (QED) is 0.482. The third-order valence-corrected chi connectivity index (χ3v) is 19.7. The average molecular weight is 567 g/mol. The molecule has 0 aromatic heterocycles. The molecule has 0 spiro atoms. The van der Waals surface area contributed by atoms with Gasteiger partial charge in [0.25, 0.3) is 0 Å². The van der Waals surface area contributed by atoms with Crippen molar-refractivity contribution in [3.05, 3.63) is 45.6 Å². The van der Waals surface area contributed by atoms with Gasteiger partial charge in [0.1, 0.15) is 0 Å². The predicted molar refractivity (Wildman–Crippen MR) is 132 cm³/mol. The van der Waals surface area contributed by atoms with Crippen molar-refractivity contribution in [2.75, 3.05) is 0 Å². The smallest absolute Gasteiger partial charge is 1.00 e. The van der Waals surface area contributed by atoms with Gasteiger partial charge < -0.3 is 24.8 Å². The van der Waals surface area contributed by atoms with E-state index in [9.17, 15) is 0 Å². The summed E-state index contributed by atoms with van der Waals surface area (Å²) in [6.45, 7) is 15.1. The van der Waals surface area contributed by atoms with Gasteiger partial charge in [-0.05, 0) is 0 Å². The third-order valence-electron chi connectivity index (χ3n) is 9.48. The zero-order valence-electron chi connectivity index (χ0n) is 21.8. The molecule has 2 unspecified atom stereocenters. The van der Waals surface area contributed by atoms with E-state index in [4.69, 9.17) is 0 Å². The molecule has 2 atom stereocenters. The average Bonchev–Trinajstić information content (AvgIpc) is 3.23. The molecule has 33 heavy (non-hydrogen) atoms. The summed E-state index contributed by atoms with van der Waals surface area (Å²) in [6, 6.07) is 0. The molecule has 182 valence electrons. The van der Waals surface area contributed by atoms with Gasteiger partial charge in [-0.25, -0.2) is 0 Å². The zero-order valence-corrected chi connectivity index (χ0v) is 25.8. The molecule has 0 aliphatic heterocycles. The van der Waals surface area contributed by atoms with Crippen molar-refractivity contribution in [3.63, 3.8) is 0 Å². The molecule has 0 aromatic rings. The molecule has 0 saturated heterocycles. The Morgan fingerprint density at radius 2 is 1.06 bits per heavy atom. The molecule has 1 fully saturated rings. The number of rotatable bonds is 2. The molecule has 0 aromatic carbocycles. The van der Waals surface area contributed by atoms with E-state index in [2.05, 4.69) is 56.9 Å². The Balaban J connectivity index is 0.00000153. The maximum absolute atomic E-state index is 2.69. The molecule has 0 amide bonds. The molecule has 1 saturated carbocycles. The maximum Gasteiger partial charge on any atom is -1.00 e. The molecule has 0 bridgehead atoms. The molecule has 3 heteroatoms. The van der Waals surface area contributed by atoms with Crippen molar-refractivity contribution < 1.29 is 46.1 Å². The Kier molecular flexibility index (Phi) is 8.74. The van der Waals surface area contributed by atoms with Crippen LogP contribution in [0.4, 0.5) is 0 Å². The van der Waals surface area contributed by atoms with Crippen LogP contribution in [0, 0.1) is 10.8 Å². The van der Waals surface area contributed by atoms with Crippen LogP contribution in [0.1, 0.15) is 112 Å². The first-order chi connectivity index (χ1) is 14.7. The van der Waals surface area contributed by atoms with Crippen LogP contribution in [0.5, 0.6) is 0 Å². The standard InChI is InChI=1S/2C12H17.C6H10.2ClH.Zr/c2*1-9-7-10-5-4-6-12(2,3)11(10)8-9;1-2-4-6-5-3-1;;;/h2*7-8H,4-6H2,1-3H3;1-5H2;2*1H;/q;;;;;+2/p-2. The van der Waals surface area contributed by atoms with Gasteiger partial charge in [0.05, 0.1) is 0 Å². The van der Waals surface area contributed by atoms with Crippen molar-refractivity contribution in [2.24, 2.45) is 10.8 Å². The van der Waals surface area contributed by atoms with Gasteiger partial charge >= 0.3 is 200 Å². The van der Waals surface area contributed by atoms with E-state index < -0.39 is 21.3 Å². The van der Waals surface area contributed by atoms with Crippen LogP contribution in [0.15, 0.2) is 45.6 Å². The fourth-order valence-electron chi connectivity index (χ4n) is 7.91. The Bertz CT molecular complexity index is 880. The minimum Gasteiger partial charge on any atom is -1.00 e. The Morgan fingerprint density at radius 3 is 1.48 bits per heavy atom. The van der Waals surface area contributed by atoms with Crippen LogP contribution in [0.3, 0.4) is 0 Å². The monoisotopic (exact) mass is 564 g/mol. The van der Waals surface area contributed by atoms with Crippen molar-refractivity contribution in [3.8, 4) is 0 Å². The Morgan fingerprint density at radius 1 is 0.636 bits per heavy atom. The van der Waals surface area contributed by atoms with Crippen LogP contribution in [-0.2, 0) is 21.3 Å². The van der Waals surface area contributed by atoms with Crippen molar-refractivity contribution >= 4 is 3.21 Å². The predicted octanol–water partition coefficient (Wildman–Crippen LogP) is 3.26. The van der Waals surface area contributed by atoms with Gasteiger partial charge in [0.15, 0.2) is 0 Å². The maximum atomic E-state index is 2.69. The van der Waals surface area contributed by atoms with Crippen LogP contribution < -0.4 is 24.8 Å². The van der Waals surface area contributed by atoms with Crippen LogP contribution in [0.25, 0.3) is 0 Å². The van der Waals surface area contributed by atoms with Gasteiger partial charge in [0, 0.05) is 0 Å². The summed E-state index contributed by atoms with van der Waals surface area (Å²) in [5, 5.41) is 0. The molecular weight excluding hydrogens is 522 g/mol. The second kappa shape index (κ2) is 10.3. The minimum atomic E-state index is -1.96. The fraction of sp³-hybridized carbons (Fsp3) is 0.700. The SMILES string of the molecule is CC1=CC2=C(CCCC2(C)C)[CH]1[Zr+2](=[C]1CCCCC1)[CH]1C(C)=CC2=C1CCCC2(C)C.[Cl-].[Cl-]. The van der Waals surface area contributed by atoms with Crippen LogP contribution in [0.2, 0.25) is 7.25 Å². The van der Waals surface area contributed by atoms with E-state index in [0.717, 1.165) is 7.25 Å². The van der Waals surface area contributed by atoms with Crippen molar-refractivity contribution in [1.29, 1.82) is 0 Å². The van der Waals surface area contributed by atoms with E-state index in [1.165, 1.54) is 70.6 Å². The molecular formula is C30H44Cl2Zr. The van der Waals surface area contributed by atoms with Crippen molar-refractivity contribution in [2.45, 2.75) is 119 Å². The summed E-state index contributed by atoms with van der Waals surface area (Å²) in [7, 11) is 0. The summed E-state index contributed by atoms with van der Waals surface area (Å²) >= 11 is -1.96. The second-order valence-electron chi connectivity index (χ2n) is 12.6. The number of hydrogen-bond acceptors (Lipinski definition) is 0. The van der Waals surface area contributed by atoms with E-state index in [1.807, 2.05) is 11.1 Å². The van der Waals surface area contributed by atoms with E-state index in [0.29, 0.717) is 10.8 Å². The van der Waals surface area contributed by atoms with Gasteiger partial charge in [-0.3, -0.25) is 0 Å². The van der Waals surface area contributed by atoms with Gasteiger partial charge in [-0.15, -0.1) is 0 Å². The zero-order chi connectivity index (χ0) is 22.0. The van der Waals surface area contributed by atoms with Gasteiger partial charge in [-0.2, -0.15) is 0 Å². The first-order valence-electron chi connectivity index (χ1n) is 13.3. The van der Waals surface area contributed by atoms with Gasteiger partial charge in [0.2, 0.25) is 0 Å². The summed E-state index contributed by atoms with van der Waals surface area (Å²) in [5.74, 6) is 0. The van der Waals surface area contributed by atoms with Crippen LogP contribution >= 0.6 is 0 Å². The molecule has 0 nitrogen and oxygen atoms in total. The summed E-state index contributed by atoms with van der Waals surface area (Å²) < 4.78 is 3.86. The van der Waals surface area contributed by atoms with E-state index >= 15 is 0 Å². The summed E-state index contributed by atoms with van der Waals surface area (Å²) in [4.78, 5) is 0.